The van der Waals surface area contributed by atoms with Gasteiger partial charge in [-0.1, -0.05) is 12.1 Å². The number of nitriles is 1. The molecule has 0 spiro atoms. The molecule has 168 valence electrons. The standard InChI is InChI=1S/C23H23IN2O6/c1-4-31-21(27)14-32-22-19(24)10-16(11-20(22)30-3)9-17(12-25)23(28)26-13-15-5-7-18(29-2)8-6-15/h5-11H,4,13-14H2,1-3H3,(H,26,28)/b17-9-. The number of nitrogens with one attached hydrogen (secondary N) is 1. The van der Waals surface area contributed by atoms with Crippen LogP contribution in [0.25, 0.3) is 6.08 Å². The molecule has 0 heterocycles. The van der Waals surface area contributed by atoms with Gasteiger partial charge in [0.05, 0.1) is 24.4 Å². The van der Waals surface area contributed by atoms with Crippen molar-refractivity contribution in [3.8, 4) is 23.3 Å². The zero-order valence-corrected chi connectivity index (χ0v) is 20.1. The molecule has 0 atom stereocenters. The van der Waals surface area contributed by atoms with E-state index in [1.807, 2.05) is 40.8 Å². The number of halogens is 1. The summed E-state index contributed by atoms with van der Waals surface area (Å²) in [4.78, 5) is 24.0. The van der Waals surface area contributed by atoms with Crippen LogP contribution >= 0.6 is 22.6 Å². The Hall–Kier alpha value is -3.26. The summed E-state index contributed by atoms with van der Waals surface area (Å²) < 4.78 is 21.5. The Bertz CT molecular complexity index is 1030. The van der Waals surface area contributed by atoms with Crippen molar-refractivity contribution in [1.29, 1.82) is 5.26 Å². The number of nitrogens with zero attached hydrogens (tertiary/aromatic N) is 1. The lowest BCUT2D eigenvalue weighted by Gasteiger charge is -2.13. The second-order valence-electron chi connectivity index (χ2n) is 6.33. The van der Waals surface area contributed by atoms with Gasteiger partial charge in [0.15, 0.2) is 18.1 Å². The highest BCUT2D eigenvalue weighted by Crippen LogP contribution is 2.34. The van der Waals surface area contributed by atoms with Gasteiger partial charge in [-0.2, -0.15) is 5.26 Å². The lowest BCUT2D eigenvalue weighted by atomic mass is 10.1. The van der Waals surface area contributed by atoms with Crippen LogP contribution in [-0.2, 0) is 20.9 Å². The molecule has 32 heavy (non-hydrogen) atoms. The molecule has 0 bridgehead atoms. The maximum atomic E-state index is 12.5. The molecule has 1 amide bonds. The van der Waals surface area contributed by atoms with Crippen LogP contribution in [-0.4, -0.2) is 39.3 Å². The number of carbonyl (C=O) groups excluding carboxylic acids is 2. The number of benzene rings is 2. The zero-order valence-electron chi connectivity index (χ0n) is 17.9. The lowest BCUT2D eigenvalue weighted by Crippen LogP contribution is -2.23. The molecule has 0 saturated carbocycles. The number of amides is 1. The normalized spacial score (nSPS) is 10.7. The number of esters is 1. The van der Waals surface area contributed by atoms with Gasteiger partial charge < -0.3 is 24.3 Å². The van der Waals surface area contributed by atoms with E-state index in [9.17, 15) is 14.9 Å². The van der Waals surface area contributed by atoms with Crippen molar-refractivity contribution < 1.29 is 28.5 Å². The molecule has 0 fully saturated rings. The first-order chi connectivity index (χ1) is 15.4. The molecule has 1 N–H and O–H groups in total. The van der Waals surface area contributed by atoms with E-state index in [1.54, 1.807) is 38.3 Å². The average Bonchev–Trinajstić information content (AvgIpc) is 2.80. The molecule has 0 aromatic heterocycles. The summed E-state index contributed by atoms with van der Waals surface area (Å²) in [5.74, 6) is 0.467. The van der Waals surface area contributed by atoms with E-state index in [1.165, 1.54) is 13.2 Å². The fraction of sp³-hybridized carbons (Fsp3) is 0.261. The van der Waals surface area contributed by atoms with Crippen LogP contribution in [0.5, 0.6) is 17.2 Å². The SMILES string of the molecule is CCOC(=O)COc1c(I)cc(/C=C(/C#N)C(=O)NCc2ccc(OC)cc2)cc1OC. The minimum Gasteiger partial charge on any atom is -0.497 e. The largest absolute Gasteiger partial charge is 0.497 e. The van der Waals surface area contributed by atoms with Crippen LogP contribution in [0.3, 0.4) is 0 Å². The minimum atomic E-state index is -0.500. The van der Waals surface area contributed by atoms with Gasteiger partial charge in [0, 0.05) is 6.54 Å². The molecule has 0 aliphatic rings. The number of hydrogen-bond acceptors (Lipinski definition) is 7. The Labute approximate surface area is 200 Å². The fourth-order valence-corrected chi connectivity index (χ4v) is 3.41. The number of rotatable bonds is 10. The highest BCUT2D eigenvalue weighted by Gasteiger charge is 2.15. The number of ether oxygens (including phenoxy) is 4. The van der Waals surface area contributed by atoms with Gasteiger partial charge >= 0.3 is 5.97 Å². The van der Waals surface area contributed by atoms with Crippen LogP contribution < -0.4 is 19.5 Å². The van der Waals surface area contributed by atoms with Gasteiger partial charge in [0.25, 0.3) is 5.91 Å². The summed E-state index contributed by atoms with van der Waals surface area (Å²) in [6, 6.07) is 12.5. The highest BCUT2D eigenvalue weighted by atomic mass is 127. The van der Waals surface area contributed by atoms with Crippen molar-refractivity contribution in [2.45, 2.75) is 13.5 Å². The summed E-state index contributed by atoms with van der Waals surface area (Å²) in [6.45, 7) is 1.98. The predicted molar refractivity (Wildman–Crippen MR) is 126 cm³/mol. The molecular weight excluding hydrogens is 527 g/mol. The summed E-state index contributed by atoms with van der Waals surface area (Å²) >= 11 is 2.03. The summed E-state index contributed by atoms with van der Waals surface area (Å²) in [6.07, 6.45) is 1.46. The molecule has 0 unspecified atom stereocenters. The van der Waals surface area contributed by atoms with Gasteiger partial charge in [-0.3, -0.25) is 4.79 Å². The monoisotopic (exact) mass is 550 g/mol. The predicted octanol–water partition coefficient (Wildman–Crippen LogP) is 3.47. The maximum Gasteiger partial charge on any atom is 0.344 e. The molecule has 0 aliphatic carbocycles. The maximum absolute atomic E-state index is 12.5. The molecule has 2 rings (SSSR count). The van der Waals surface area contributed by atoms with Crippen LogP contribution in [0, 0.1) is 14.9 Å². The first-order valence-electron chi connectivity index (χ1n) is 9.60. The van der Waals surface area contributed by atoms with E-state index in [-0.39, 0.29) is 25.3 Å². The second-order valence-corrected chi connectivity index (χ2v) is 7.49. The third-order valence-electron chi connectivity index (χ3n) is 4.18. The van der Waals surface area contributed by atoms with Gasteiger partial charge in [-0.25, -0.2) is 4.79 Å². The van der Waals surface area contributed by atoms with E-state index in [0.717, 1.165) is 11.3 Å². The molecule has 9 heteroatoms. The van der Waals surface area contributed by atoms with Crippen LogP contribution in [0.4, 0.5) is 0 Å². The molecule has 0 radical (unpaired) electrons. The van der Waals surface area contributed by atoms with Gasteiger partial charge in [0.2, 0.25) is 0 Å². The quantitative estimate of drug-likeness (QED) is 0.209. The van der Waals surface area contributed by atoms with E-state index < -0.39 is 11.9 Å². The van der Waals surface area contributed by atoms with Crippen molar-refractivity contribution >= 4 is 40.5 Å². The molecule has 0 aliphatic heterocycles. The molecule has 0 saturated heterocycles. The summed E-state index contributed by atoms with van der Waals surface area (Å²) in [5, 5.41) is 12.2. The van der Waals surface area contributed by atoms with Crippen LogP contribution in [0.1, 0.15) is 18.1 Å². The van der Waals surface area contributed by atoms with E-state index >= 15 is 0 Å². The van der Waals surface area contributed by atoms with Gasteiger partial charge in [-0.05, 0) is 71.0 Å². The summed E-state index contributed by atoms with van der Waals surface area (Å²) in [7, 11) is 3.04. The average molecular weight is 550 g/mol. The van der Waals surface area contributed by atoms with E-state index in [0.29, 0.717) is 20.6 Å². The van der Waals surface area contributed by atoms with E-state index in [2.05, 4.69) is 5.32 Å². The smallest absolute Gasteiger partial charge is 0.344 e. The summed E-state index contributed by atoms with van der Waals surface area (Å²) in [5.41, 5.74) is 1.39. The topological polar surface area (TPSA) is 107 Å². The Kier molecular flexibility index (Phi) is 9.81. The molecule has 2 aromatic rings. The zero-order chi connectivity index (χ0) is 23.5. The van der Waals surface area contributed by atoms with Crippen LogP contribution in [0.15, 0.2) is 42.0 Å². The van der Waals surface area contributed by atoms with Gasteiger partial charge in [0.1, 0.15) is 17.4 Å². The van der Waals surface area contributed by atoms with Crippen molar-refractivity contribution in [1.82, 2.24) is 5.32 Å². The highest BCUT2D eigenvalue weighted by molar-refractivity contribution is 14.1. The van der Waals surface area contributed by atoms with Crippen molar-refractivity contribution in [2.75, 3.05) is 27.4 Å². The first-order valence-corrected chi connectivity index (χ1v) is 10.7. The molecule has 2 aromatic carbocycles. The Morgan fingerprint density at radius 1 is 1.16 bits per heavy atom. The van der Waals surface area contributed by atoms with Crippen molar-refractivity contribution in [3.05, 3.63) is 56.7 Å². The molecular formula is C23H23IN2O6. The Morgan fingerprint density at radius 3 is 2.47 bits per heavy atom. The Morgan fingerprint density at radius 2 is 1.88 bits per heavy atom. The second kappa shape index (κ2) is 12.6. The minimum absolute atomic E-state index is 0.0587. The number of hydrogen-bond donors (Lipinski definition) is 1. The number of carbonyl (C=O) groups is 2. The van der Waals surface area contributed by atoms with E-state index in [4.69, 9.17) is 18.9 Å². The fourth-order valence-electron chi connectivity index (χ4n) is 2.63. The van der Waals surface area contributed by atoms with Crippen molar-refractivity contribution in [3.63, 3.8) is 0 Å². The molecule has 8 nitrogen and oxygen atoms in total. The third-order valence-corrected chi connectivity index (χ3v) is 4.98. The number of methoxy groups -OCH3 is 2. The first kappa shape index (κ1) is 25.0. The van der Waals surface area contributed by atoms with Crippen molar-refractivity contribution in [2.24, 2.45) is 0 Å². The third kappa shape index (κ3) is 7.16. The lowest BCUT2D eigenvalue weighted by molar-refractivity contribution is -0.145. The van der Waals surface area contributed by atoms with Gasteiger partial charge in [-0.15, -0.1) is 0 Å². The van der Waals surface area contributed by atoms with Crippen LogP contribution in [0.2, 0.25) is 0 Å². The Balaban J connectivity index is 2.14.